The first kappa shape index (κ1) is 58.9. The van der Waals surface area contributed by atoms with E-state index in [1.54, 1.807) is 46.9 Å². The molecular weight excluding hydrogens is 1110 g/mol. The molecule has 360 valence electrons. The van der Waals surface area contributed by atoms with Gasteiger partial charge in [-0.05, 0) is 112 Å². The van der Waals surface area contributed by atoms with Crippen molar-refractivity contribution in [1.82, 2.24) is 24.8 Å². The van der Waals surface area contributed by atoms with Gasteiger partial charge in [-0.3, -0.25) is 0 Å². The van der Waals surface area contributed by atoms with Gasteiger partial charge in [0.15, 0.2) is 23.0 Å². The number of hydrogen-bond donors (Lipinski definition) is 6. The zero-order valence-corrected chi connectivity index (χ0v) is 47.5. The molecule has 67 heavy (non-hydrogen) atoms. The number of nitrogens with zero attached hydrogens (tertiary/aromatic N) is 5. The van der Waals surface area contributed by atoms with Crippen LogP contribution >= 0.6 is 62.8 Å². The Kier molecular flexibility index (Phi) is 28.6. The molecule has 21 heteroatoms. The van der Waals surface area contributed by atoms with Crippen molar-refractivity contribution in [2.24, 2.45) is 0 Å². The maximum atomic E-state index is 9.51. The van der Waals surface area contributed by atoms with Gasteiger partial charge < -0.3 is 55.7 Å². The van der Waals surface area contributed by atoms with Crippen LogP contribution in [0.3, 0.4) is 0 Å². The molecule has 0 fully saturated rings. The zero-order valence-electron chi connectivity index (χ0n) is 39.1. The van der Waals surface area contributed by atoms with E-state index in [4.69, 9.17) is 55.7 Å². The Bertz CT molecular complexity index is 2410. The van der Waals surface area contributed by atoms with Gasteiger partial charge in [0.1, 0.15) is 11.6 Å². The van der Waals surface area contributed by atoms with Crippen molar-refractivity contribution < 1.29 is 44.3 Å². The fourth-order valence-electron chi connectivity index (χ4n) is 5.97. The molecule has 15 nitrogen and oxygen atoms in total. The minimum atomic E-state index is -0.931. The van der Waals surface area contributed by atoms with E-state index in [0.29, 0.717) is 49.5 Å². The van der Waals surface area contributed by atoms with Gasteiger partial charge in [-0.2, -0.15) is 9.97 Å². The van der Waals surface area contributed by atoms with E-state index in [-0.39, 0.29) is 18.5 Å². The third-order valence-electron chi connectivity index (χ3n) is 9.29. The number of rotatable bonds is 15. The van der Waals surface area contributed by atoms with Crippen LogP contribution in [0.2, 0.25) is 5.28 Å². The van der Waals surface area contributed by atoms with Crippen molar-refractivity contribution in [2.45, 2.75) is 47.8 Å². The third-order valence-corrected chi connectivity index (χ3v) is 10.6. The number of benzene rings is 4. The van der Waals surface area contributed by atoms with Gasteiger partial charge in [0, 0.05) is 58.4 Å². The molecule has 0 aliphatic heterocycles. The van der Waals surface area contributed by atoms with E-state index >= 15 is 0 Å². The summed E-state index contributed by atoms with van der Waals surface area (Å²) in [7, 11) is 16.3. The molecule has 6 rings (SSSR count). The van der Waals surface area contributed by atoms with Crippen molar-refractivity contribution >= 4 is 103 Å². The number of hydrogen-bond acceptors (Lipinski definition) is 15. The molecule has 0 radical (unpaired) electrons. The van der Waals surface area contributed by atoms with E-state index in [1.807, 2.05) is 80.6 Å². The van der Waals surface area contributed by atoms with Gasteiger partial charge >= 0.3 is 34.5 Å². The summed E-state index contributed by atoms with van der Waals surface area (Å²) in [6.45, 7) is 13.9. The molecule has 0 atom stereocenters. The third kappa shape index (κ3) is 19.7. The normalized spacial score (nSPS) is 9.93. The number of aromatic nitrogens is 4. The molecule has 7 N–H and O–H groups in total. The first-order valence-corrected chi connectivity index (χ1v) is 30.4. The maximum absolute atomic E-state index is 9.51. The Hall–Kier alpha value is -4.23. The number of nitrogens with two attached hydrogens (primary N) is 1. The van der Waals surface area contributed by atoms with Crippen LogP contribution in [0.1, 0.15) is 43.0 Å². The summed E-state index contributed by atoms with van der Waals surface area (Å²) < 4.78 is 22.4. The van der Waals surface area contributed by atoms with Gasteiger partial charge in [0.2, 0.25) is 11.2 Å². The summed E-state index contributed by atoms with van der Waals surface area (Å²) in [5.74, 6) is 4.28. The second-order valence-corrected chi connectivity index (χ2v) is 20.2. The first-order chi connectivity index (χ1) is 32.2. The first-order valence-electron chi connectivity index (χ1n) is 20.6. The number of halogens is 5. The van der Waals surface area contributed by atoms with E-state index < -0.39 is 15.1 Å². The van der Waals surface area contributed by atoms with Crippen molar-refractivity contribution in [2.75, 3.05) is 69.8 Å². The fourth-order valence-corrected chi connectivity index (χ4v) is 6.69. The number of aryl methyl sites for hydroxylation is 2. The number of methoxy groups -OCH3 is 4. The standard InChI is InChI=1S/C20H21BrN4O3.C11H9BrClN3O.C9H13NO2.C6H15N.2ClH.Zn/c1-12-8-14(9-17(27-2)18(12)28-3)23-20-22-10-15(21)19(25-20)24-16-7-5-4-6-13(16)11-26;12-8-5-14-11(13)16-10(8)15-9-4-2-1-3-7(9)6-17;1-6-4-7(10)5-8(11-2)9(6)12-3;1-4-7(5-2)6-3;;;/h4-10,26H,11H2,1-3H3,(H2,22,23,24,25);1-5,17H,6H2,(H,14,15,16);4-5H,10H2,1-3H3;4-6H2,1-3H3;2*1H;/q;;;;;;+2/p-2. The molecule has 0 amide bonds. The van der Waals surface area contributed by atoms with Crippen LogP contribution in [0, 0.1) is 13.8 Å². The van der Waals surface area contributed by atoms with Crippen molar-refractivity contribution in [3.05, 3.63) is 122 Å². The molecule has 0 unspecified atom stereocenters. The van der Waals surface area contributed by atoms with Gasteiger partial charge in [-0.25, -0.2) is 9.97 Å². The average Bonchev–Trinajstić information content (AvgIpc) is 3.32. The molecule has 4 aromatic carbocycles. The number of aliphatic hydroxyl groups excluding tert-OH is 2. The van der Waals surface area contributed by atoms with E-state index in [1.165, 1.54) is 19.6 Å². The van der Waals surface area contributed by atoms with E-state index in [0.717, 1.165) is 45.1 Å². The number of anilines is 7. The minimum absolute atomic E-state index is 0.0421. The van der Waals surface area contributed by atoms with Crippen LogP contribution in [-0.2, 0) is 28.4 Å². The molecule has 0 saturated heterocycles. The quantitative estimate of drug-likeness (QED) is 0.0323. The molecule has 2 aromatic heterocycles. The van der Waals surface area contributed by atoms with Gasteiger partial charge in [-0.15, -0.1) is 0 Å². The van der Waals surface area contributed by atoms with Gasteiger partial charge in [0.05, 0.1) is 50.6 Å². The second-order valence-electron chi connectivity index (χ2n) is 13.6. The topological polar surface area (TPSA) is 194 Å². The monoisotopic (exact) mass is 1160 g/mol. The number of para-hydroxylation sites is 2. The number of aliphatic hydroxyl groups is 2. The Morgan fingerprint density at radius 3 is 1.55 bits per heavy atom. The van der Waals surface area contributed by atoms with Crippen molar-refractivity contribution in [1.29, 1.82) is 0 Å². The van der Waals surface area contributed by atoms with Crippen molar-refractivity contribution in [3.63, 3.8) is 0 Å². The number of ether oxygens (including phenoxy) is 4. The number of nitrogens with one attached hydrogen (secondary N) is 3. The molecule has 0 spiro atoms. The predicted molar refractivity (Wildman–Crippen MR) is 277 cm³/mol. The van der Waals surface area contributed by atoms with Crippen LogP contribution in [0.15, 0.2) is 94.1 Å². The summed E-state index contributed by atoms with van der Waals surface area (Å²) in [6, 6.07) is 22.3. The Balaban J connectivity index is 0.000000335. The SMILES string of the molecule is CCN(CC)CC.COc1cc(N)cc(C)c1OC.COc1cc(Nc2ncc(Br)c(Nc3ccccc3CO)n2)cc(C)c1OC.OCc1ccccc1Nc1nc(Cl)ncc1Br.[Cl][Zn][Cl]. The molecule has 0 bridgehead atoms. The number of nitrogen functional groups attached to an aromatic ring is 1. The summed E-state index contributed by atoms with van der Waals surface area (Å²) in [6.07, 6.45) is 3.23. The van der Waals surface area contributed by atoms with Crippen molar-refractivity contribution in [3.8, 4) is 23.0 Å². The van der Waals surface area contributed by atoms with E-state index in [9.17, 15) is 10.2 Å². The van der Waals surface area contributed by atoms with E-state index in [2.05, 4.69) is 93.4 Å². The summed E-state index contributed by atoms with van der Waals surface area (Å²) in [5.41, 5.74) is 12.1. The zero-order chi connectivity index (χ0) is 49.9. The Labute approximate surface area is 431 Å². The molecule has 0 aliphatic carbocycles. The average molecular weight is 1160 g/mol. The predicted octanol–water partition coefficient (Wildman–Crippen LogP) is 12.0. The molecule has 2 heterocycles. The molecule has 0 saturated carbocycles. The Morgan fingerprint density at radius 2 is 1.10 bits per heavy atom. The molecule has 0 aliphatic rings. The van der Waals surface area contributed by atoms with Crippen LogP contribution in [0.4, 0.5) is 40.3 Å². The Morgan fingerprint density at radius 1 is 0.657 bits per heavy atom. The van der Waals surface area contributed by atoms with Crippen LogP contribution in [-0.4, -0.2) is 83.1 Å². The molecular formula is C46H58Br2Cl3N9O6Zn. The van der Waals surface area contributed by atoms with Crippen LogP contribution in [0.5, 0.6) is 23.0 Å². The second kappa shape index (κ2) is 32.5. The van der Waals surface area contributed by atoms with Gasteiger partial charge in [0.25, 0.3) is 0 Å². The fraction of sp³-hybridized carbons (Fsp3) is 0.304. The summed E-state index contributed by atoms with van der Waals surface area (Å²) in [5, 5.41) is 28.4. The summed E-state index contributed by atoms with van der Waals surface area (Å²) in [4.78, 5) is 19.1. The van der Waals surface area contributed by atoms with Crippen LogP contribution < -0.4 is 40.6 Å². The summed E-state index contributed by atoms with van der Waals surface area (Å²) >= 11 is 11.6. The van der Waals surface area contributed by atoms with Gasteiger partial charge in [-0.1, -0.05) is 57.2 Å². The van der Waals surface area contributed by atoms with Crippen LogP contribution in [0.25, 0.3) is 0 Å². The molecule has 6 aromatic rings.